The molecule has 0 aliphatic rings. The summed E-state index contributed by atoms with van der Waals surface area (Å²) in [5, 5.41) is 21.3. The summed E-state index contributed by atoms with van der Waals surface area (Å²) in [4.78, 5) is 37.9. The maximum atomic E-state index is 4.94. The van der Waals surface area contributed by atoms with Gasteiger partial charge in [-0.05, 0) is 98.2 Å². The summed E-state index contributed by atoms with van der Waals surface area (Å²) in [5.41, 5.74) is 10.8. The van der Waals surface area contributed by atoms with Crippen molar-refractivity contribution in [2.45, 2.75) is 0 Å². The number of rotatable bonds is 5. The number of fused-ring (bicyclic) bond motifs is 27. The fraction of sp³-hybridized carbons (Fsp3) is 0. The van der Waals surface area contributed by atoms with E-state index in [2.05, 4.69) is 218 Å². The number of hydrogen-bond donors (Lipinski definition) is 0. The Morgan fingerprint density at radius 3 is 1.63 bits per heavy atom. The molecule has 0 saturated heterocycles. The van der Waals surface area contributed by atoms with Crippen LogP contribution >= 0.6 is 34.0 Å². The molecule has 14 heteroatoms. The minimum absolute atomic E-state index is 0.560. The van der Waals surface area contributed by atoms with Crippen molar-refractivity contribution in [1.82, 2.24) is 53.6 Å². The summed E-state index contributed by atoms with van der Waals surface area (Å²) in [6.45, 7) is 0. The third-order valence-corrected chi connectivity index (χ3v) is 22.2. The normalized spacial score (nSPS) is 12.4. The van der Waals surface area contributed by atoms with Gasteiger partial charge in [0, 0.05) is 111 Å². The molecule has 416 valence electrons. The molecule has 0 aliphatic heterocycles. The van der Waals surface area contributed by atoms with Gasteiger partial charge in [-0.3, -0.25) is 13.7 Å². The maximum Gasteiger partial charge on any atom is 0.237 e. The van der Waals surface area contributed by atoms with Crippen LogP contribution in [0.1, 0.15) is 0 Å². The van der Waals surface area contributed by atoms with Crippen LogP contribution in [0.15, 0.2) is 238 Å². The van der Waals surface area contributed by atoms with Gasteiger partial charge in [-0.1, -0.05) is 146 Å². The average Bonchev–Trinajstić information content (AvgIpc) is 1.59. The van der Waals surface area contributed by atoms with Crippen LogP contribution in [0.2, 0.25) is 0 Å². The smallest absolute Gasteiger partial charge is 0.237 e. The van der Waals surface area contributed by atoms with E-state index >= 15 is 0 Å². The molecule has 9 aromatic heterocycles. The van der Waals surface area contributed by atoms with E-state index in [1.54, 1.807) is 25.3 Å². The van der Waals surface area contributed by atoms with Crippen LogP contribution in [0.4, 0.5) is 0 Å². The van der Waals surface area contributed by atoms with E-state index < -0.39 is 0 Å². The van der Waals surface area contributed by atoms with Crippen molar-refractivity contribution in [2.75, 3.05) is 0 Å². The Morgan fingerprint density at radius 2 is 0.833 bits per heavy atom. The predicted molar refractivity (Wildman–Crippen MR) is 374 cm³/mol. The van der Waals surface area contributed by atoms with Crippen molar-refractivity contribution < 1.29 is 0 Å². The average molecular weight is 1200 g/mol. The van der Waals surface area contributed by atoms with Crippen LogP contribution in [-0.2, 0) is 0 Å². The summed E-state index contributed by atoms with van der Waals surface area (Å²) in [7, 11) is 0. The molecule has 0 spiro atoms. The molecular formula is C76H39N11S3. The molecule has 0 aliphatic carbocycles. The Labute approximate surface area is 520 Å². The minimum Gasteiger partial charge on any atom is -0.278 e. The number of benzene rings is 12. The summed E-state index contributed by atoms with van der Waals surface area (Å²) >= 11 is 5.52. The summed E-state index contributed by atoms with van der Waals surface area (Å²) in [5.74, 6) is 1.78. The lowest BCUT2D eigenvalue weighted by atomic mass is 9.96. The van der Waals surface area contributed by atoms with Gasteiger partial charge in [-0.25, -0.2) is 39.9 Å². The molecule has 21 aromatic rings. The fourth-order valence-electron chi connectivity index (χ4n) is 15.0. The Hall–Kier alpha value is -11.4. The summed E-state index contributed by atoms with van der Waals surface area (Å²) in [6, 6.07) is 73.7. The van der Waals surface area contributed by atoms with Crippen LogP contribution in [0.5, 0.6) is 0 Å². The largest absolute Gasteiger partial charge is 0.278 e. The Kier molecular flexibility index (Phi) is 9.78. The predicted octanol–water partition coefficient (Wildman–Crippen LogP) is 20.0. The molecule has 90 heavy (non-hydrogen) atoms. The molecular weight excluding hydrogens is 1160 g/mol. The highest BCUT2D eigenvalue weighted by molar-refractivity contribution is 7.27. The van der Waals surface area contributed by atoms with E-state index in [1.165, 1.54) is 93.5 Å². The highest BCUT2D eigenvalue weighted by Gasteiger charge is 2.28. The monoisotopic (exact) mass is 1200 g/mol. The molecule has 0 unspecified atom stereocenters. The first-order valence-corrected chi connectivity index (χ1v) is 32.1. The van der Waals surface area contributed by atoms with Crippen LogP contribution < -0.4 is 0 Å². The van der Waals surface area contributed by atoms with Gasteiger partial charge < -0.3 is 0 Å². The molecule has 0 N–H and O–H groups in total. The van der Waals surface area contributed by atoms with Crippen molar-refractivity contribution in [2.24, 2.45) is 0 Å². The summed E-state index contributed by atoms with van der Waals surface area (Å²) < 4.78 is 14.1. The van der Waals surface area contributed by atoms with Crippen LogP contribution in [0.3, 0.4) is 0 Å². The van der Waals surface area contributed by atoms with Crippen molar-refractivity contribution in [3.63, 3.8) is 0 Å². The third-order valence-electron chi connectivity index (χ3n) is 18.6. The minimum atomic E-state index is 0.560. The highest BCUT2D eigenvalue weighted by atomic mass is 32.1. The lowest BCUT2D eigenvalue weighted by Crippen LogP contribution is -2.02. The van der Waals surface area contributed by atoms with Gasteiger partial charge in [0.1, 0.15) is 25.3 Å². The molecule has 11 nitrogen and oxygen atoms in total. The van der Waals surface area contributed by atoms with Gasteiger partial charge in [0.15, 0.2) is 0 Å². The Bertz CT molecular complexity index is 6720. The quantitative estimate of drug-likeness (QED) is 0.167. The van der Waals surface area contributed by atoms with E-state index in [-0.39, 0.29) is 0 Å². The molecule has 0 fully saturated rings. The first kappa shape index (κ1) is 48.7. The number of aromatic nitrogens is 11. The topological polar surface area (TPSA) is 118 Å². The second-order valence-electron chi connectivity index (χ2n) is 23.1. The Morgan fingerprint density at radius 1 is 0.267 bits per heavy atom. The van der Waals surface area contributed by atoms with Gasteiger partial charge in [0.25, 0.3) is 0 Å². The van der Waals surface area contributed by atoms with Crippen molar-refractivity contribution >= 4 is 192 Å². The zero-order valence-electron chi connectivity index (χ0n) is 47.2. The standard InChI is InChI=1S/C76H39N11S3/c1-2-13-41-32-59-54(30-40(41)12-1)55-35-63-56(34-60(55)85(59)74-79-28-11-29-80-74)50-21-10-20-45(71(50)90-63)43-24-26-51-58(33-43)86(75-81-36-77-37-82-75)70-64(51)46-14-3-4-15-47(46)66-57-31-42(25-27-62(57)89-73(66)70)44-19-9-22-53-67-69(87(68(44)53)76-83-38-78-39-84-76)49-17-6-5-16-48(49)65-52-18-7-8-23-61(52)88-72(65)67/h1-39H. The van der Waals surface area contributed by atoms with E-state index in [1.807, 2.05) is 52.5 Å². The van der Waals surface area contributed by atoms with E-state index in [0.29, 0.717) is 17.8 Å². The van der Waals surface area contributed by atoms with Crippen LogP contribution in [0, 0.1) is 0 Å². The van der Waals surface area contributed by atoms with E-state index in [4.69, 9.17) is 29.9 Å². The number of hydrogen-bond acceptors (Lipinski definition) is 11. The number of para-hydroxylation sites is 1. The first-order valence-electron chi connectivity index (χ1n) is 29.7. The molecule has 0 radical (unpaired) electrons. The van der Waals surface area contributed by atoms with Gasteiger partial charge in [0.2, 0.25) is 17.8 Å². The molecule has 0 bridgehead atoms. The van der Waals surface area contributed by atoms with E-state index in [9.17, 15) is 0 Å². The molecule has 0 amide bonds. The van der Waals surface area contributed by atoms with E-state index in [0.717, 1.165) is 87.0 Å². The zero-order valence-corrected chi connectivity index (χ0v) is 49.6. The van der Waals surface area contributed by atoms with Crippen molar-refractivity contribution in [3.05, 3.63) is 238 Å². The SMILES string of the molecule is c1cnc(-n2c3cc4ccccc4cc3c3cc4sc5c(-c6ccc7c8c9ccccc9c9c%10cc(-c%11cccc%12c%13c%14sc%15ccccc%15c%14c%14ccccc%14c%13n(-c%13ncncn%13)c%11%12)ccc%10sc9c8n(-c8ncncn8)c7c6)cccc5c4cc32)nc1. The lowest BCUT2D eigenvalue weighted by molar-refractivity contribution is 0.941. The fourth-order valence-corrected chi connectivity index (χ4v) is 18.7. The zero-order chi connectivity index (χ0) is 58.4. The number of thiophene rings is 3. The second kappa shape index (κ2) is 18.1. The highest BCUT2D eigenvalue weighted by Crippen LogP contribution is 2.53. The van der Waals surface area contributed by atoms with Crippen molar-refractivity contribution in [3.8, 4) is 40.1 Å². The van der Waals surface area contributed by atoms with Gasteiger partial charge in [-0.15, -0.1) is 34.0 Å². The van der Waals surface area contributed by atoms with Crippen LogP contribution in [0.25, 0.3) is 198 Å². The molecule has 0 saturated carbocycles. The van der Waals surface area contributed by atoms with Crippen LogP contribution in [-0.4, -0.2) is 53.6 Å². The van der Waals surface area contributed by atoms with Gasteiger partial charge in [0.05, 0.1) is 37.8 Å². The first-order chi connectivity index (χ1) is 44.7. The third kappa shape index (κ3) is 6.54. The number of nitrogens with zero attached hydrogens (tertiary/aromatic N) is 11. The van der Waals surface area contributed by atoms with Gasteiger partial charge in [-0.2, -0.15) is 0 Å². The maximum absolute atomic E-state index is 4.94. The van der Waals surface area contributed by atoms with Gasteiger partial charge >= 0.3 is 0 Å². The Balaban J connectivity index is 0.801. The summed E-state index contributed by atoms with van der Waals surface area (Å²) in [6.07, 6.45) is 10.0. The van der Waals surface area contributed by atoms with Crippen molar-refractivity contribution in [1.29, 1.82) is 0 Å². The molecule has 0 atom stereocenters. The molecule has 12 aromatic carbocycles. The molecule has 21 rings (SSSR count). The second-order valence-corrected chi connectivity index (χ2v) is 26.2. The molecule has 9 heterocycles. The lowest BCUT2D eigenvalue weighted by Gasteiger charge is -2.11.